The maximum Gasteiger partial charge on any atom is 0.365 e. The fourth-order valence-corrected chi connectivity index (χ4v) is 4.22. The Kier molecular flexibility index (Phi) is 5.11. The molecule has 0 bridgehead atoms. The zero-order valence-corrected chi connectivity index (χ0v) is 16.5. The highest BCUT2D eigenvalue weighted by Crippen LogP contribution is 2.27. The van der Waals surface area contributed by atoms with E-state index in [0.717, 1.165) is 27.0 Å². The van der Waals surface area contributed by atoms with Crippen LogP contribution in [0.5, 0.6) is 5.75 Å². The molecular formula is C23H24NO5+. The molecule has 0 spiro atoms. The summed E-state index contributed by atoms with van der Waals surface area (Å²) < 4.78 is 10.4. The third-order valence-electron chi connectivity index (χ3n) is 5.77. The molecule has 0 saturated carbocycles. The Hall–Kier alpha value is -3.12. The number of rotatable bonds is 4. The highest BCUT2D eigenvalue weighted by atomic mass is 16.5. The summed E-state index contributed by atoms with van der Waals surface area (Å²) in [4.78, 5) is 25.7. The van der Waals surface area contributed by atoms with Crippen LogP contribution in [0.1, 0.15) is 29.2 Å². The molecule has 0 fully saturated rings. The van der Waals surface area contributed by atoms with Crippen molar-refractivity contribution in [3.8, 4) is 5.75 Å². The van der Waals surface area contributed by atoms with Crippen LogP contribution in [0.25, 0.3) is 11.0 Å². The highest BCUT2D eigenvalue weighted by molar-refractivity contribution is 5.82. The summed E-state index contributed by atoms with van der Waals surface area (Å²) in [7, 11) is 1.41. The van der Waals surface area contributed by atoms with E-state index in [1.54, 1.807) is 0 Å². The quantitative estimate of drug-likeness (QED) is 0.521. The van der Waals surface area contributed by atoms with Crippen molar-refractivity contribution in [3.63, 3.8) is 0 Å². The van der Waals surface area contributed by atoms with Gasteiger partial charge in [0.2, 0.25) is 0 Å². The van der Waals surface area contributed by atoms with Crippen LogP contribution in [0.2, 0.25) is 0 Å². The van der Waals surface area contributed by atoms with E-state index >= 15 is 0 Å². The number of hydrogen-bond acceptors (Lipinski definition) is 5. The first-order valence-electron chi connectivity index (χ1n) is 9.78. The van der Waals surface area contributed by atoms with Crippen molar-refractivity contribution in [3.05, 3.63) is 75.1 Å². The summed E-state index contributed by atoms with van der Waals surface area (Å²) in [6.07, 6.45) is 1.26. The summed E-state index contributed by atoms with van der Waals surface area (Å²) in [6.45, 7) is 3.10. The molecule has 1 aromatic heterocycles. The van der Waals surface area contributed by atoms with Crippen LogP contribution in [0.4, 0.5) is 0 Å². The standard InChI is InChI=1S/C23H23NO5/c1-3-14-8-18-17(10-22(26)29-21(18)11-20(14)25)13-24-12-16-7-5-4-6-15(16)9-19(24)23(27)28-2/h4-8,10-11,19,25H,3,9,12-13H2,1-2H3/p+1/t19-/m0/s1. The van der Waals surface area contributed by atoms with Crippen LogP contribution in [-0.2, 0) is 35.5 Å². The normalized spacial score (nSPS) is 18.4. The van der Waals surface area contributed by atoms with Crippen molar-refractivity contribution in [2.24, 2.45) is 0 Å². The number of methoxy groups -OCH3 is 1. The van der Waals surface area contributed by atoms with Gasteiger partial charge in [-0.3, -0.25) is 0 Å². The molecule has 6 heteroatoms. The maximum absolute atomic E-state index is 12.5. The van der Waals surface area contributed by atoms with Gasteiger partial charge in [0.15, 0.2) is 6.04 Å². The van der Waals surface area contributed by atoms with Crippen LogP contribution in [0.15, 0.2) is 51.7 Å². The average molecular weight is 394 g/mol. The summed E-state index contributed by atoms with van der Waals surface area (Å²) in [6, 6.07) is 12.6. The Morgan fingerprint density at radius 2 is 1.97 bits per heavy atom. The average Bonchev–Trinajstić information content (AvgIpc) is 2.72. The molecule has 2 aromatic carbocycles. The first-order chi connectivity index (χ1) is 14.0. The minimum atomic E-state index is -0.470. The van der Waals surface area contributed by atoms with Gasteiger partial charge in [0.05, 0.1) is 7.11 Å². The highest BCUT2D eigenvalue weighted by Gasteiger charge is 2.36. The van der Waals surface area contributed by atoms with Gasteiger partial charge in [-0.15, -0.1) is 0 Å². The van der Waals surface area contributed by atoms with Gasteiger partial charge in [-0.05, 0) is 23.6 Å². The van der Waals surface area contributed by atoms with E-state index in [4.69, 9.17) is 9.15 Å². The molecule has 0 radical (unpaired) electrons. The van der Waals surface area contributed by atoms with Crippen LogP contribution in [0.3, 0.4) is 0 Å². The number of phenolic OH excluding ortho intramolecular Hbond substituents is 1. The summed E-state index contributed by atoms with van der Waals surface area (Å²) in [5.74, 6) is -0.138. The van der Waals surface area contributed by atoms with E-state index in [-0.39, 0.29) is 17.8 Å². The molecule has 1 unspecified atom stereocenters. The fourth-order valence-electron chi connectivity index (χ4n) is 4.22. The van der Waals surface area contributed by atoms with E-state index in [2.05, 4.69) is 6.07 Å². The maximum atomic E-state index is 12.5. The zero-order chi connectivity index (χ0) is 20.5. The van der Waals surface area contributed by atoms with Crippen LogP contribution >= 0.6 is 0 Å². The number of ether oxygens (including phenoxy) is 1. The summed E-state index contributed by atoms with van der Waals surface area (Å²) in [5, 5.41) is 10.9. The Bertz CT molecular complexity index is 1130. The SMILES string of the molecule is CCc1cc2c(C[NH+]3Cc4ccccc4C[C@H]3C(=O)OC)cc(=O)oc2cc1O. The van der Waals surface area contributed by atoms with Crippen molar-refractivity contribution in [1.82, 2.24) is 0 Å². The molecule has 4 rings (SSSR count). The van der Waals surface area contributed by atoms with E-state index in [9.17, 15) is 14.7 Å². The number of nitrogens with one attached hydrogen (secondary N) is 1. The fraction of sp³-hybridized carbons (Fsp3) is 0.304. The predicted octanol–water partition coefficient (Wildman–Crippen LogP) is 1.74. The second-order valence-electron chi connectivity index (χ2n) is 7.48. The van der Waals surface area contributed by atoms with Crippen molar-refractivity contribution in [2.45, 2.75) is 38.9 Å². The van der Waals surface area contributed by atoms with E-state index in [1.807, 2.05) is 31.2 Å². The second kappa shape index (κ2) is 7.72. The monoisotopic (exact) mass is 394 g/mol. The lowest BCUT2D eigenvalue weighted by Crippen LogP contribution is -3.15. The van der Waals surface area contributed by atoms with Crippen LogP contribution < -0.4 is 10.5 Å². The Labute approximate surface area is 168 Å². The third kappa shape index (κ3) is 3.63. The lowest BCUT2D eigenvalue weighted by Gasteiger charge is -2.32. The zero-order valence-electron chi connectivity index (χ0n) is 16.5. The third-order valence-corrected chi connectivity index (χ3v) is 5.77. The number of carbonyl (C=O) groups excluding carboxylic acids is 1. The van der Waals surface area contributed by atoms with Gasteiger partial charge in [0, 0.05) is 35.1 Å². The molecule has 0 saturated heterocycles. The van der Waals surface area contributed by atoms with Crippen molar-refractivity contribution < 1.29 is 24.0 Å². The van der Waals surface area contributed by atoms with E-state index < -0.39 is 5.63 Å². The molecule has 0 amide bonds. The first-order valence-corrected chi connectivity index (χ1v) is 9.78. The smallest absolute Gasteiger partial charge is 0.365 e. The predicted molar refractivity (Wildman–Crippen MR) is 108 cm³/mol. The number of benzene rings is 2. The van der Waals surface area contributed by atoms with Gasteiger partial charge in [-0.25, -0.2) is 9.59 Å². The Morgan fingerprint density at radius 3 is 2.69 bits per heavy atom. The largest absolute Gasteiger partial charge is 0.508 e. The molecule has 1 aliphatic rings. The summed E-state index contributed by atoms with van der Waals surface area (Å²) in [5.41, 5.74) is 3.82. The van der Waals surface area contributed by atoms with Gasteiger partial charge < -0.3 is 19.2 Å². The second-order valence-corrected chi connectivity index (χ2v) is 7.48. The van der Waals surface area contributed by atoms with Crippen LogP contribution in [0, 0.1) is 0 Å². The number of quaternary nitrogens is 1. The molecule has 0 aliphatic carbocycles. The van der Waals surface area contributed by atoms with Crippen molar-refractivity contribution in [2.75, 3.05) is 7.11 Å². The minimum Gasteiger partial charge on any atom is -0.508 e. The van der Waals surface area contributed by atoms with E-state index in [1.165, 1.54) is 24.8 Å². The molecule has 2 heterocycles. The number of phenols is 1. The molecule has 29 heavy (non-hydrogen) atoms. The number of aromatic hydroxyl groups is 1. The first kappa shape index (κ1) is 19.2. The number of esters is 1. The molecule has 150 valence electrons. The molecular weight excluding hydrogens is 370 g/mol. The van der Waals surface area contributed by atoms with Gasteiger partial charge in [0.1, 0.15) is 24.4 Å². The number of carbonyl (C=O) groups is 1. The van der Waals surface area contributed by atoms with Gasteiger partial charge in [0.25, 0.3) is 0 Å². The molecule has 2 atom stereocenters. The molecule has 3 aromatic rings. The van der Waals surface area contributed by atoms with Gasteiger partial charge in [-0.1, -0.05) is 31.2 Å². The van der Waals surface area contributed by atoms with Crippen LogP contribution in [-0.4, -0.2) is 24.2 Å². The van der Waals surface area contributed by atoms with Crippen molar-refractivity contribution in [1.29, 1.82) is 0 Å². The molecule has 1 aliphatic heterocycles. The van der Waals surface area contributed by atoms with Crippen molar-refractivity contribution >= 4 is 16.9 Å². The summed E-state index contributed by atoms with van der Waals surface area (Å²) >= 11 is 0. The number of fused-ring (bicyclic) bond motifs is 2. The topological polar surface area (TPSA) is 81.2 Å². The van der Waals surface area contributed by atoms with Gasteiger partial charge in [-0.2, -0.15) is 0 Å². The Morgan fingerprint density at radius 1 is 1.21 bits per heavy atom. The van der Waals surface area contributed by atoms with E-state index in [0.29, 0.717) is 31.5 Å². The minimum absolute atomic E-state index is 0.118. The number of hydrogen-bond donors (Lipinski definition) is 2. The van der Waals surface area contributed by atoms with Gasteiger partial charge >= 0.3 is 11.6 Å². The lowest BCUT2D eigenvalue weighted by molar-refractivity contribution is -0.945. The molecule has 6 nitrogen and oxygen atoms in total. The Balaban J connectivity index is 1.78. The number of aryl methyl sites for hydroxylation is 1. The molecule has 2 N–H and O–H groups in total. The lowest BCUT2D eigenvalue weighted by atomic mass is 9.93.